The maximum Gasteiger partial charge on any atom is 0.434 e. The Hall–Kier alpha value is -4.45. The molecule has 2 aromatic heterocycles. The molecule has 3 aromatic carbocycles. The quantitative estimate of drug-likeness (QED) is 0.387. The van der Waals surface area contributed by atoms with Crippen LogP contribution in [0.15, 0.2) is 100 Å². The van der Waals surface area contributed by atoms with Crippen molar-refractivity contribution in [2.75, 3.05) is 0 Å². The first kappa shape index (κ1) is 19.5. The molecule has 0 amide bonds. The third kappa shape index (κ3) is 4.34. The number of nitrogens with zero attached hydrogens (tertiary/aromatic N) is 2. The molecule has 0 fully saturated rings. The second kappa shape index (κ2) is 8.73. The van der Waals surface area contributed by atoms with E-state index in [1.165, 1.54) is 0 Å². The standard InChI is InChI=1S/C26H19N3O3/c30-26-29-28-25(32-26)23(16-18-6-2-1-3-7-18)19-11-14-22(15-12-19)31-17-21-13-10-20-8-4-5-9-24(20)27-21/h1-16H,17H2,(H,29,30). The third-order valence-electron chi connectivity index (χ3n) is 4.99. The summed E-state index contributed by atoms with van der Waals surface area (Å²) in [6.07, 6.45) is 1.92. The van der Waals surface area contributed by atoms with E-state index in [9.17, 15) is 4.79 Å². The van der Waals surface area contributed by atoms with E-state index >= 15 is 0 Å². The topological polar surface area (TPSA) is 81.0 Å². The van der Waals surface area contributed by atoms with Crippen LogP contribution in [0.5, 0.6) is 5.75 Å². The zero-order valence-electron chi connectivity index (χ0n) is 17.1. The summed E-state index contributed by atoms with van der Waals surface area (Å²) in [6.45, 7) is 0.366. The first-order valence-corrected chi connectivity index (χ1v) is 10.2. The zero-order chi connectivity index (χ0) is 21.8. The zero-order valence-corrected chi connectivity index (χ0v) is 17.1. The van der Waals surface area contributed by atoms with Gasteiger partial charge in [-0.25, -0.2) is 14.9 Å². The molecule has 1 N–H and O–H groups in total. The number of pyridine rings is 1. The monoisotopic (exact) mass is 421 g/mol. The van der Waals surface area contributed by atoms with E-state index in [-0.39, 0.29) is 5.89 Å². The fourth-order valence-electron chi connectivity index (χ4n) is 3.41. The highest BCUT2D eigenvalue weighted by Crippen LogP contribution is 2.26. The van der Waals surface area contributed by atoms with Crippen LogP contribution in [0.25, 0.3) is 22.6 Å². The minimum Gasteiger partial charge on any atom is -0.487 e. The highest BCUT2D eigenvalue weighted by molar-refractivity contribution is 5.88. The maximum absolute atomic E-state index is 11.5. The molecule has 0 bridgehead atoms. The summed E-state index contributed by atoms with van der Waals surface area (Å²) in [5, 5.41) is 7.42. The van der Waals surface area contributed by atoms with E-state index < -0.39 is 5.76 Å². The van der Waals surface area contributed by atoms with Crippen LogP contribution >= 0.6 is 0 Å². The average Bonchev–Trinajstić information content (AvgIpc) is 3.28. The van der Waals surface area contributed by atoms with Gasteiger partial charge < -0.3 is 9.15 Å². The Morgan fingerprint density at radius 2 is 1.69 bits per heavy atom. The van der Waals surface area contributed by atoms with E-state index in [0.717, 1.165) is 27.7 Å². The number of H-pyrrole nitrogens is 1. The highest BCUT2D eigenvalue weighted by atomic mass is 16.5. The van der Waals surface area contributed by atoms with Crippen molar-refractivity contribution >= 4 is 22.6 Å². The van der Waals surface area contributed by atoms with Crippen molar-refractivity contribution in [1.29, 1.82) is 0 Å². The molecular weight excluding hydrogens is 402 g/mol. The number of aromatic nitrogens is 3. The molecule has 0 aliphatic rings. The number of hydrogen-bond acceptors (Lipinski definition) is 5. The predicted octanol–water partition coefficient (Wildman–Crippen LogP) is 5.08. The van der Waals surface area contributed by atoms with Crippen molar-refractivity contribution < 1.29 is 9.15 Å². The molecule has 5 aromatic rings. The van der Waals surface area contributed by atoms with Crippen LogP contribution in [0.1, 0.15) is 22.7 Å². The van der Waals surface area contributed by atoms with E-state index in [1.54, 1.807) is 0 Å². The number of ether oxygens (including phenoxy) is 1. The molecule has 0 spiro atoms. The molecular formula is C26H19N3O3. The number of nitrogens with one attached hydrogen (secondary N) is 1. The van der Waals surface area contributed by atoms with Crippen molar-refractivity contribution in [1.82, 2.24) is 15.2 Å². The van der Waals surface area contributed by atoms with Gasteiger partial charge in [0.25, 0.3) is 0 Å². The van der Waals surface area contributed by atoms with Gasteiger partial charge in [0.1, 0.15) is 12.4 Å². The Bertz CT molecular complexity index is 1430. The molecule has 2 heterocycles. The summed E-state index contributed by atoms with van der Waals surface area (Å²) in [6, 6.07) is 29.4. The summed E-state index contributed by atoms with van der Waals surface area (Å²) >= 11 is 0. The number of hydrogen-bond donors (Lipinski definition) is 1. The fraction of sp³-hybridized carbons (Fsp3) is 0.0385. The number of para-hydroxylation sites is 1. The van der Waals surface area contributed by atoms with E-state index in [1.807, 2.05) is 97.1 Å². The molecule has 0 atom stereocenters. The van der Waals surface area contributed by atoms with Gasteiger partial charge in [0.15, 0.2) is 0 Å². The van der Waals surface area contributed by atoms with Crippen LogP contribution in [-0.4, -0.2) is 15.2 Å². The summed E-state index contributed by atoms with van der Waals surface area (Å²) in [5.74, 6) is 0.348. The van der Waals surface area contributed by atoms with E-state index in [0.29, 0.717) is 17.9 Å². The SMILES string of the molecule is O=c1[nH]nc(C(=Cc2ccccc2)c2ccc(OCc3ccc4ccccc4n3)cc2)o1. The molecule has 0 saturated heterocycles. The van der Waals surface area contributed by atoms with Crippen molar-refractivity contribution in [2.24, 2.45) is 0 Å². The van der Waals surface area contributed by atoms with Gasteiger partial charge in [-0.05, 0) is 41.5 Å². The lowest BCUT2D eigenvalue weighted by molar-refractivity contribution is 0.302. The normalized spacial score (nSPS) is 11.6. The molecule has 6 heteroatoms. The van der Waals surface area contributed by atoms with Gasteiger partial charge in [-0.15, -0.1) is 5.10 Å². The molecule has 32 heavy (non-hydrogen) atoms. The number of aromatic amines is 1. The minimum atomic E-state index is -0.596. The molecule has 6 nitrogen and oxygen atoms in total. The molecule has 0 radical (unpaired) electrons. The first-order chi connectivity index (χ1) is 15.7. The largest absolute Gasteiger partial charge is 0.487 e. The van der Waals surface area contributed by atoms with Crippen LogP contribution in [0, 0.1) is 0 Å². The van der Waals surface area contributed by atoms with Gasteiger partial charge in [-0.2, -0.15) is 0 Å². The molecule has 156 valence electrons. The summed E-state index contributed by atoms with van der Waals surface area (Å²) < 4.78 is 11.1. The van der Waals surface area contributed by atoms with Crippen molar-refractivity contribution in [3.63, 3.8) is 0 Å². The summed E-state index contributed by atoms with van der Waals surface area (Å²) in [4.78, 5) is 16.1. The second-order valence-corrected chi connectivity index (χ2v) is 7.20. The Morgan fingerprint density at radius 3 is 2.47 bits per heavy atom. The van der Waals surface area contributed by atoms with Crippen LogP contribution in [0.3, 0.4) is 0 Å². The number of rotatable bonds is 6. The first-order valence-electron chi connectivity index (χ1n) is 10.2. The lowest BCUT2D eigenvalue weighted by atomic mass is 10.0. The van der Waals surface area contributed by atoms with Gasteiger partial charge in [0.2, 0.25) is 5.89 Å². The molecule has 0 aliphatic heterocycles. The lowest BCUT2D eigenvalue weighted by Gasteiger charge is -2.09. The van der Waals surface area contributed by atoms with Crippen LogP contribution in [0.4, 0.5) is 0 Å². The number of fused-ring (bicyclic) bond motifs is 1. The van der Waals surface area contributed by atoms with E-state index in [2.05, 4.69) is 15.2 Å². The summed E-state index contributed by atoms with van der Waals surface area (Å²) in [7, 11) is 0. The minimum absolute atomic E-state index is 0.230. The highest BCUT2D eigenvalue weighted by Gasteiger charge is 2.12. The van der Waals surface area contributed by atoms with Gasteiger partial charge in [-0.3, -0.25) is 0 Å². The summed E-state index contributed by atoms with van der Waals surface area (Å²) in [5.41, 5.74) is 4.31. The molecule has 5 rings (SSSR count). The van der Waals surface area contributed by atoms with Crippen LogP contribution < -0.4 is 10.5 Å². The van der Waals surface area contributed by atoms with Gasteiger partial charge in [-0.1, -0.05) is 66.7 Å². The second-order valence-electron chi connectivity index (χ2n) is 7.20. The average molecular weight is 421 g/mol. The van der Waals surface area contributed by atoms with Crippen molar-refractivity contribution in [3.05, 3.63) is 124 Å². The smallest absolute Gasteiger partial charge is 0.434 e. The molecule has 0 aliphatic carbocycles. The Morgan fingerprint density at radius 1 is 0.906 bits per heavy atom. The molecule has 0 saturated carbocycles. The van der Waals surface area contributed by atoms with E-state index in [4.69, 9.17) is 9.15 Å². The Kier molecular flexibility index (Phi) is 5.32. The van der Waals surface area contributed by atoms with Crippen molar-refractivity contribution in [2.45, 2.75) is 6.61 Å². The number of benzene rings is 3. The van der Waals surface area contributed by atoms with Crippen molar-refractivity contribution in [3.8, 4) is 5.75 Å². The maximum atomic E-state index is 11.5. The third-order valence-corrected chi connectivity index (χ3v) is 4.99. The molecule has 0 unspecified atom stereocenters. The fourth-order valence-corrected chi connectivity index (χ4v) is 3.41. The van der Waals surface area contributed by atoms with Crippen LogP contribution in [-0.2, 0) is 6.61 Å². The van der Waals surface area contributed by atoms with Gasteiger partial charge >= 0.3 is 5.76 Å². The lowest BCUT2D eigenvalue weighted by Crippen LogP contribution is -1.98. The predicted molar refractivity (Wildman–Crippen MR) is 123 cm³/mol. The Balaban J connectivity index is 1.37. The van der Waals surface area contributed by atoms with Gasteiger partial charge in [0, 0.05) is 11.0 Å². The Labute approximate surface area is 183 Å². The van der Waals surface area contributed by atoms with Crippen LogP contribution in [0.2, 0.25) is 0 Å². The van der Waals surface area contributed by atoms with Gasteiger partial charge in [0.05, 0.1) is 11.2 Å².